The Kier molecular flexibility index (Phi) is 6.73. The van der Waals surface area contributed by atoms with E-state index >= 15 is 0 Å². The van der Waals surface area contributed by atoms with Crippen LogP contribution in [0.2, 0.25) is 0 Å². The lowest BCUT2D eigenvalue weighted by Crippen LogP contribution is -2.37. The molecule has 2 aromatic carbocycles. The zero-order valence-corrected chi connectivity index (χ0v) is 15.9. The topological polar surface area (TPSA) is 37.4 Å². The summed E-state index contributed by atoms with van der Waals surface area (Å²) in [4.78, 5) is 0.239. The van der Waals surface area contributed by atoms with Gasteiger partial charge in [-0.15, -0.1) is 0 Å². The van der Waals surface area contributed by atoms with Crippen molar-refractivity contribution in [1.82, 2.24) is 4.31 Å². The quantitative estimate of drug-likeness (QED) is 0.585. The summed E-state index contributed by atoms with van der Waals surface area (Å²) in [6.45, 7) is 5.60. The maximum Gasteiger partial charge on any atom is 0.244 e. The van der Waals surface area contributed by atoms with Crippen LogP contribution >= 0.6 is 0 Å². The highest BCUT2D eigenvalue weighted by Gasteiger charge is 2.27. The molecule has 5 heteroatoms. The van der Waals surface area contributed by atoms with Crippen LogP contribution in [0.5, 0.6) is 0 Å². The van der Waals surface area contributed by atoms with Gasteiger partial charge < -0.3 is 0 Å². The summed E-state index contributed by atoms with van der Waals surface area (Å²) in [5.74, 6) is 5.44. The predicted octanol–water partition coefficient (Wildman–Crippen LogP) is 4.14. The number of hydrogen-bond donors (Lipinski definition) is 0. The van der Waals surface area contributed by atoms with Gasteiger partial charge in [0.25, 0.3) is 0 Å². The summed E-state index contributed by atoms with van der Waals surface area (Å²) in [6, 6.07) is 12.2. The van der Waals surface area contributed by atoms with Crippen LogP contribution in [0.25, 0.3) is 0 Å². The van der Waals surface area contributed by atoms with Gasteiger partial charge in [0.05, 0.1) is 11.4 Å². The molecular formula is C21H22FNO2S. The lowest BCUT2D eigenvalue weighted by molar-refractivity contribution is 0.412. The molecule has 0 aliphatic heterocycles. The van der Waals surface area contributed by atoms with E-state index in [0.717, 1.165) is 5.56 Å². The molecule has 0 saturated heterocycles. The molecule has 0 spiro atoms. The van der Waals surface area contributed by atoms with E-state index in [2.05, 4.69) is 11.8 Å². The van der Waals surface area contributed by atoms with E-state index in [1.165, 1.54) is 16.4 Å². The third-order valence-electron chi connectivity index (χ3n) is 3.86. The second kappa shape index (κ2) is 8.79. The zero-order valence-electron chi connectivity index (χ0n) is 15.1. The normalized spacial score (nSPS) is 12.8. The minimum atomic E-state index is -3.68. The van der Waals surface area contributed by atoms with Crippen molar-refractivity contribution >= 4 is 10.0 Å². The number of nitrogens with zero attached hydrogens (tertiary/aromatic N) is 1. The Labute approximate surface area is 155 Å². The summed E-state index contributed by atoms with van der Waals surface area (Å²) in [5, 5.41) is 0. The SMILES string of the molecule is CC=CC(C)N(CC#Cc1ccc(F)cc1)S(=O)(=O)c1ccc(C)cc1. The number of allylic oxidation sites excluding steroid dienone is 1. The summed E-state index contributed by atoms with van der Waals surface area (Å²) in [6.07, 6.45) is 3.63. The molecule has 0 aliphatic carbocycles. The fourth-order valence-electron chi connectivity index (χ4n) is 2.42. The van der Waals surface area contributed by atoms with Crippen molar-refractivity contribution in [1.29, 1.82) is 0 Å². The minimum absolute atomic E-state index is 0.0408. The van der Waals surface area contributed by atoms with E-state index in [9.17, 15) is 12.8 Å². The average Bonchev–Trinajstić information content (AvgIpc) is 2.60. The van der Waals surface area contributed by atoms with Crippen LogP contribution in [-0.4, -0.2) is 25.3 Å². The molecule has 0 fully saturated rings. The van der Waals surface area contributed by atoms with Gasteiger partial charge in [-0.05, 0) is 57.2 Å². The molecule has 0 radical (unpaired) electrons. The number of benzene rings is 2. The van der Waals surface area contributed by atoms with Crippen molar-refractivity contribution in [3.05, 3.63) is 77.6 Å². The Bertz CT molecular complexity index is 921. The van der Waals surface area contributed by atoms with Crippen molar-refractivity contribution in [2.45, 2.75) is 31.7 Å². The molecule has 0 heterocycles. The lowest BCUT2D eigenvalue weighted by atomic mass is 10.2. The fraction of sp³-hybridized carbons (Fsp3) is 0.238. The second-order valence-corrected chi connectivity index (χ2v) is 7.83. The highest BCUT2D eigenvalue weighted by Crippen LogP contribution is 2.19. The minimum Gasteiger partial charge on any atom is -0.207 e. The van der Waals surface area contributed by atoms with Crippen molar-refractivity contribution in [2.75, 3.05) is 6.54 Å². The number of halogens is 1. The molecule has 2 aromatic rings. The molecule has 2 rings (SSSR count). The Morgan fingerprint density at radius 2 is 1.73 bits per heavy atom. The van der Waals surface area contributed by atoms with Crippen LogP contribution in [0.3, 0.4) is 0 Å². The monoisotopic (exact) mass is 371 g/mol. The molecule has 3 nitrogen and oxygen atoms in total. The molecule has 0 aliphatic rings. The molecular weight excluding hydrogens is 349 g/mol. The van der Waals surface area contributed by atoms with Crippen molar-refractivity contribution in [3.63, 3.8) is 0 Å². The Morgan fingerprint density at radius 3 is 2.31 bits per heavy atom. The van der Waals surface area contributed by atoms with Crippen molar-refractivity contribution in [3.8, 4) is 11.8 Å². The maximum atomic E-state index is 13.0. The first-order valence-corrected chi connectivity index (χ1v) is 9.74. The zero-order chi connectivity index (χ0) is 19.2. The Hall–Kier alpha value is -2.42. The van der Waals surface area contributed by atoms with Gasteiger partial charge >= 0.3 is 0 Å². The van der Waals surface area contributed by atoms with Gasteiger partial charge in [0.2, 0.25) is 10.0 Å². The van der Waals surface area contributed by atoms with Crippen LogP contribution in [0.15, 0.2) is 65.6 Å². The van der Waals surface area contributed by atoms with Crippen LogP contribution in [0.1, 0.15) is 25.0 Å². The number of rotatable bonds is 5. The first-order valence-electron chi connectivity index (χ1n) is 8.30. The smallest absolute Gasteiger partial charge is 0.207 e. The third-order valence-corrected chi connectivity index (χ3v) is 5.81. The van der Waals surface area contributed by atoms with Gasteiger partial charge in [0.1, 0.15) is 5.82 Å². The first kappa shape index (κ1) is 19.9. The van der Waals surface area contributed by atoms with Crippen molar-refractivity contribution < 1.29 is 12.8 Å². The molecule has 1 atom stereocenters. The molecule has 0 bridgehead atoms. The van der Waals surface area contributed by atoms with Gasteiger partial charge in [-0.3, -0.25) is 0 Å². The van der Waals surface area contributed by atoms with Crippen LogP contribution < -0.4 is 0 Å². The van der Waals surface area contributed by atoms with Gasteiger partial charge in [0.15, 0.2) is 0 Å². The van der Waals surface area contributed by atoms with Crippen LogP contribution in [0.4, 0.5) is 4.39 Å². The van der Waals surface area contributed by atoms with Crippen LogP contribution in [0, 0.1) is 24.6 Å². The van der Waals surface area contributed by atoms with Crippen LogP contribution in [-0.2, 0) is 10.0 Å². The molecule has 0 N–H and O–H groups in total. The van der Waals surface area contributed by atoms with E-state index in [1.807, 2.05) is 32.9 Å². The average molecular weight is 371 g/mol. The second-order valence-electron chi connectivity index (χ2n) is 5.94. The Balaban J connectivity index is 2.31. The summed E-state index contributed by atoms with van der Waals surface area (Å²) < 4.78 is 40.4. The number of hydrogen-bond acceptors (Lipinski definition) is 2. The summed E-state index contributed by atoms with van der Waals surface area (Å²) >= 11 is 0. The van der Waals surface area contributed by atoms with E-state index in [4.69, 9.17) is 0 Å². The number of aryl methyl sites for hydroxylation is 1. The molecule has 136 valence electrons. The highest BCUT2D eigenvalue weighted by molar-refractivity contribution is 7.89. The summed E-state index contributed by atoms with van der Waals surface area (Å²) in [7, 11) is -3.68. The maximum absolute atomic E-state index is 13.0. The van der Waals surface area contributed by atoms with E-state index in [-0.39, 0.29) is 23.3 Å². The van der Waals surface area contributed by atoms with Gasteiger partial charge in [0, 0.05) is 11.6 Å². The van der Waals surface area contributed by atoms with E-state index in [0.29, 0.717) is 5.56 Å². The largest absolute Gasteiger partial charge is 0.244 e. The van der Waals surface area contributed by atoms with E-state index in [1.54, 1.807) is 36.4 Å². The van der Waals surface area contributed by atoms with Gasteiger partial charge in [-0.2, -0.15) is 4.31 Å². The van der Waals surface area contributed by atoms with Gasteiger partial charge in [-0.25, -0.2) is 12.8 Å². The molecule has 26 heavy (non-hydrogen) atoms. The standard InChI is InChI=1S/C21H22FNO2S/c1-4-6-18(3)23(16-5-7-19-10-12-20(22)13-11-19)26(24,25)21-14-8-17(2)9-15-21/h4,6,8-15,18H,16H2,1-3H3. The molecule has 0 saturated carbocycles. The first-order chi connectivity index (χ1) is 12.3. The summed E-state index contributed by atoms with van der Waals surface area (Å²) in [5.41, 5.74) is 1.63. The Morgan fingerprint density at radius 1 is 1.12 bits per heavy atom. The third kappa shape index (κ3) is 5.04. The number of sulfonamides is 1. The lowest BCUT2D eigenvalue weighted by Gasteiger charge is -2.24. The predicted molar refractivity (Wildman–Crippen MR) is 103 cm³/mol. The molecule has 0 aromatic heterocycles. The molecule has 0 amide bonds. The van der Waals surface area contributed by atoms with Crippen molar-refractivity contribution in [2.24, 2.45) is 0 Å². The molecule has 1 unspecified atom stereocenters. The van der Waals surface area contributed by atoms with E-state index < -0.39 is 10.0 Å². The van der Waals surface area contributed by atoms with Gasteiger partial charge in [-0.1, -0.05) is 41.7 Å². The fourth-order valence-corrected chi connectivity index (χ4v) is 3.91. The highest BCUT2D eigenvalue weighted by atomic mass is 32.2.